The van der Waals surface area contributed by atoms with Crippen molar-refractivity contribution >= 4 is 11.9 Å². The van der Waals surface area contributed by atoms with Gasteiger partial charge in [-0.1, -0.05) is 13.3 Å². The van der Waals surface area contributed by atoms with E-state index in [0.717, 1.165) is 32.4 Å². The Labute approximate surface area is 95.8 Å². The summed E-state index contributed by atoms with van der Waals surface area (Å²) >= 11 is 0. The number of carbonyl (C=O) groups is 2. The van der Waals surface area contributed by atoms with E-state index in [-0.39, 0.29) is 12.3 Å². The Morgan fingerprint density at radius 1 is 1.62 bits per heavy atom. The van der Waals surface area contributed by atoms with Crippen LogP contribution in [0.15, 0.2) is 0 Å². The van der Waals surface area contributed by atoms with E-state index in [9.17, 15) is 9.59 Å². The van der Waals surface area contributed by atoms with Crippen molar-refractivity contribution in [2.45, 2.75) is 38.6 Å². The molecule has 5 nitrogen and oxygen atoms in total. The maximum atomic E-state index is 12.0. The molecule has 0 aromatic heterocycles. The Hall–Kier alpha value is -1.10. The molecule has 0 radical (unpaired) electrons. The number of unbranched alkanes of at least 4 members (excludes halogenated alkanes) is 1. The molecule has 1 aliphatic heterocycles. The van der Waals surface area contributed by atoms with Crippen LogP contribution in [0, 0.1) is 0 Å². The fourth-order valence-electron chi connectivity index (χ4n) is 1.87. The molecule has 1 unspecified atom stereocenters. The Bertz CT molecular complexity index is 256. The predicted octanol–water partition coefficient (Wildman–Crippen LogP) is 0.452. The summed E-state index contributed by atoms with van der Waals surface area (Å²) in [6, 6.07) is -0.545. The molecule has 1 rings (SSSR count). The maximum Gasteiger partial charge on any atom is 0.305 e. The molecule has 0 saturated carbocycles. The fourth-order valence-corrected chi connectivity index (χ4v) is 1.87. The van der Waals surface area contributed by atoms with Crippen LogP contribution >= 0.6 is 0 Å². The van der Waals surface area contributed by atoms with Crippen molar-refractivity contribution in [2.75, 3.05) is 19.6 Å². The van der Waals surface area contributed by atoms with Gasteiger partial charge >= 0.3 is 5.97 Å². The molecule has 2 N–H and O–H groups in total. The highest BCUT2D eigenvalue weighted by molar-refractivity contribution is 5.86. The van der Waals surface area contributed by atoms with Crippen molar-refractivity contribution in [3.05, 3.63) is 0 Å². The van der Waals surface area contributed by atoms with Crippen LogP contribution in [0.3, 0.4) is 0 Å². The first kappa shape index (κ1) is 13.0. The van der Waals surface area contributed by atoms with Crippen LogP contribution in [0.4, 0.5) is 0 Å². The zero-order chi connectivity index (χ0) is 12.0. The highest BCUT2D eigenvalue weighted by Gasteiger charge is 2.27. The number of aliphatic carboxylic acids is 1. The predicted molar refractivity (Wildman–Crippen MR) is 60.1 cm³/mol. The van der Waals surface area contributed by atoms with Gasteiger partial charge < -0.3 is 15.3 Å². The van der Waals surface area contributed by atoms with E-state index in [1.807, 2.05) is 0 Å². The second kappa shape index (κ2) is 6.48. The normalized spacial score (nSPS) is 21.9. The minimum Gasteiger partial charge on any atom is -0.481 e. The number of nitrogens with zero attached hydrogens (tertiary/aromatic N) is 1. The van der Waals surface area contributed by atoms with E-state index in [0.29, 0.717) is 6.54 Å². The first-order chi connectivity index (χ1) is 7.65. The summed E-state index contributed by atoms with van der Waals surface area (Å²) < 4.78 is 0. The van der Waals surface area contributed by atoms with Crippen LogP contribution in [0.2, 0.25) is 0 Å². The number of nitrogens with one attached hydrogen (secondary N) is 1. The van der Waals surface area contributed by atoms with Gasteiger partial charge in [-0.2, -0.15) is 0 Å². The Kier molecular flexibility index (Phi) is 5.25. The Morgan fingerprint density at radius 2 is 2.38 bits per heavy atom. The summed E-state index contributed by atoms with van der Waals surface area (Å²) in [7, 11) is 0. The Morgan fingerprint density at radius 3 is 3.00 bits per heavy atom. The van der Waals surface area contributed by atoms with Crippen molar-refractivity contribution in [3.63, 3.8) is 0 Å². The van der Waals surface area contributed by atoms with Gasteiger partial charge in [0.15, 0.2) is 0 Å². The molecule has 1 aliphatic rings. The molecule has 16 heavy (non-hydrogen) atoms. The molecular formula is C11H20N2O3. The van der Waals surface area contributed by atoms with Gasteiger partial charge in [0.1, 0.15) is 0 Å². The standard InChI is InChI=1S/C11H20N2O3/c1-2-3-6-13-7-4-5-12-9(11(13)16)8-10(14)15/h9,12H,2-8H2,1H3,(H,14,15). The molecular weight excluding hydrogens is 208 g/mol. The quantitative estimate of drug-likeness (QED) is 0.717. The second-order valence-electron chi connectivity index (χ2n) is 4.14. The van der Waals surface area contributed by atoms with E-state index >= 15 is 0 Å². The van der Waals surface area contributed by atoms with Crippen molar-refractivity contribution in [3.8, 4) is 0 Å². The lowest BCUT2D eigenvalue weighted by Crippen LogP contribution is -2.45. The molecule has 1 saturated heterocycles. The molecule has 1 atom stereocenters. The van der Waals surface area contributed by atoms with E-state index in [4.69, 9.17) is 5.11 Å². The molecule has 0 aromatic rings. The van der Waals surface area contributed by atoms with Crippen molar-refractivity contribution in [1.82, 2.24) is 10.2 Å². The summed E-state index contributed by atoms with van der Waals surface area (Å²) in [6.45, 7) is 4.27. The SMILES string of the molecule is CCCCN1CCCNC(CC(=O)O)C1=O. The number of hydrogen-bond acceptors (Lipinski definition) is 3. The van der Waals surface area contributed by atoms with Gasteiger partial charge in [0.25, 0.3) is 0 Å². The van der Waals surface area contributed by atoms with Crippen LogP contribution in [0.25, 0.3) is 0 Å². The minimum absolute atomic E-state index is 0.0617. The van der Waals surface area contributed by atoms with Crippen LogP contribution in [0.5, 0.6) is 0 Å². The summed E-state index contributed by atoms with van der Waals surface area (Å²) in [5.74, 6) is -0.989. The van der Waals surface area contributed by atoms with Gasteiger partial charge in [-0.05, 0) is 19.4 Å². The first-order valence-electron chi connectivity index (χ1n) is 5.89. The van der Waals surface area contributed by atoms with Crippen LogP contribution in [-0.2, 0) is 9.59 Å². The molecule has 0 aromatic carbocycles. The van der Waals surface area contributed by atoms with Crippen LogP contribution < -0.4 is 5.32 Å². The van der Waals surface area contributed by atoms with Crippen LogP contribution in [0.1, 0.15) is 32.6 Å². The van der Waals surface area contributed by atoms with Gasteiger partial charge in [0, 0.05) is 13.1 Å². The molecule has 0 spiro atoms. The number of carboxylic acid groups (broad SMARTS) is 1. The van der Waals surface area contributed by atoms with E-state index in [2.05, 4.69) is 12.2 Å². The molecule has 1 heterocycles. The van der Waals surface area contributed by atoms with Crippen molar-refractivity contribution in [2.24, 2.45) is 0 Å². The monoisotopic (exact) mass is 228 g/mol. The van der Waals surface area contributed by atoms with E-state index in [1.165, 1.54) is 0 Å². The smallest absolute Gasteiger partial charge is 0.305 e. The lowest BCUT2D eigenvalue weighted by molar-refractivity contribution is -0.142. The van der Waals surface area contributed by atoms with Gasteiger partial charge in [-0.3, -0.25) is 9.59 Å². The molecule has 0 aliphatic carbocycles. The van der Waals surface area contributed by atoms with Gasteiger partial charge in [-0.25, -0.2) is 0 Å². The average Bonchev–Trinajstić information content (AvgIpc) is 2.40. The molecule has 0 bridgehead atoms. The zero-order valence-electron chi connectivity index (χ0n) is 9.74. The van der Waals surface area contributed by atoms with Gasteiger partial charge in [0.2, 0.25) is 5.91 Å². The first-order valence-corrected chi connectivity index (χ1v) is 5.89. The lowest BCUT2D eigenvalue weighted by Gasteiger charge is -2.23. The third kappa shape index (κ3) is 3.81. The minimum atomic E-state index is -0.928. The van der Waals surface area contributed by atoms with Gasteiger partial charge in [0.05, 0.1) is 12.5 Å². The fraction of sp³-hybridized carbons (Fsp3) is 0.818. The van der Waals surface area contributed by atoms with Crippen LogP contribution in [-0.4, -0.2) is 47.6 Å². The zero-order valence-corrected chi connectivity index (χ0v) is 9.74. The number of hydrogen-bond donors (Lipinski definition) is 2. The molecule has 5 heteroatoms. The highest BCUT2D eigenvalue weighted by Crippen LogP contribution is 2.07. The van der Waals surface area contributed by atoms with Crippen molar-refractivity contribution in [1.29, 1.82) is 0 Å². The average molecular weight is 228 g/mol. The summed E-state index contributed by atoms with van der Waals surface area (Å²) in [6.07, 6.45) is 2.79. The number of rotatable bonds is 5. The summed E-state index contributed by atoms with van der Waals surface area (Å²) in [4.78, 5) is 24.4. The van der Waals surface area contributed by atoms with Gasteiger partial charge in [-0.15, -0.1) is 0 Å². The van der Waals surface area contributed by atoms with E-state index in [1.54, 1.807) is 4.90 Å². The largest absolute Gasteiger partial charge is 0.481 e. The highest BCUT2D eigenvalue weighted by atomic mass is 16.4. The van der Waals surface area contributed by atoms with Crippen molar-refractivity contribution < 1.29 is 14.7 Å². The second-order valence-corrected chi connectivity index (χ2v) is 4.14. The topological polar surface area (TPSA) is 69.6 Å². The summed E-state index contributed by atoms with van der Waals surface area (Å²) in [5, 5.41) is 11.7. The number of amides is 1. The number of carboxylic acids is 1. The third-order valence-corrected chi connectivity index (χ3v) is 2.77. The van der Waals surface area contributed by atoms with E-state index < -0.39 is 12.0 Å². The molecule has 1 amide bonds. The number of carbonyl (C=O) groups excluding carboxylic acids is 1. The maximum absolute atomic E-state index is 12.0. The summed E-state index contributed by atoms with van der Waals surface area (Å²) in [5.41, 5.74) is 0. The molecule has 1 fully saturated rings. The lowest BCUT2D eigenvalue weighted by atomic mass is 10.2. The molecule has 92 valence electrons. The Balaban J connectivity index is 2.57. The third-order valence-electron chi connectivity index (χ3n) is 2.77.